The first kappa shape index (κ1) is 29.4. The van der Waals surface area contributed by atoms with E-state index in [9.17, 15) is 19.1 Å². The number of nitrogens with one attached hydrogen (secondary N) is 1. The van der Waals surface area contributed by atoms with Gasteiger partial charge >= 0.3 is 0 Å². The molecular weight excluding hydrogens is 544 g/mol. The third-order valence-corrected chi connectivity index (χ3v) is 7.63. The van der Waals surface area contributed by atoms with Gasteiger partial charge in [0, 0.05) is 24.9 Å². The van der Waals surface area contributed by atoms with Gasteiger partial charge in [-0.1, -0.05) is 30.3 Å². The Morgan fingerprint density at radius 1 is 1.20 bits per heavy atom. The summed E-state index contributed by atoms with van der Waals surface area (Å²) in [4.78, 5) is 31.9. The van der Waals surface area contributed by atoms with Crippen molar-refractivity contribution in [1.82, 2.24) is 19.8 Å². The number of rotatable bonds is 6. The number of hydrogen-bond donors (Lipinski definition) is 3. The zero-order chi connectivity index (χ0) is 27.6. The van der Waals surface area contributed by atoms with Crippen LogP contribution in [0.5, 0.6) is 11.6 Å². The lowest BCUT2D eigenvalue weighted by Crippen LogP contribution is -2.59. The Morgan fingerprint density at radius 2 is 1.93 bits per heavy atom. The van der Waals surface area contributed by atoms with Crippen LogP contribution in [-0.2, 0) is 11.3 Å². The van der Waals surface area contributed by atoms with Crippen molar-refractivity contribution in [2.24, 2.45) is 5.92 Å². The number of nitrogen functional groups attached to an aromatic ring is 1. The summed E-state index contributed by atoms with van der Waals surface area (Å²) in [6, 6.07) is 14.9. The van der Waals surface area contributed by atoms with Crippen molar-refractivity contribution in [1.29, 1.82) is 0 Å². The van der Waals surface area contributed by atoms with Gasteiger partial charge in [0.05, 0.1) is 13.1 Å². The summed E-state index contributed by atoms with van der Waals surface area (Å²) in [5.41, 5.74) is 4.06. The molecule has 0 aliphatic carbocycles. The molecule has 2 aliphatic heterocycles. The molecule has 0 bridgehead atoms. The number of hydrogen-bond acceptors (Lipinski definition) is 7. The van der Waals surface area contributed by atoms with Gasteiger partial charge in [-0.25, -0.2) is 13.8 Å². The molecule has 1 amide bonds. The first-order valence-electron chi connectivity index (χ1n) is 12.9. The highest BCUT2D eigenvalue weighted by Crippen LogP contribution is 2.34. The highest BCUT2D eigenvalue weighted by atomic mass is 35.5. The molecule has 3 heterocycles. The third kappa shape index (κ3) is 6.11. The van der Waals surface area contributed by atoms with Gasteiger partial charge in [-0.05, 0) is 49.2 Å². The van der Waals surface area contributed by atoms with Crippen LogP contribution in [0.3, 0.4) is 0 Å². The number of benzene rings is 2. The molecule has 4 N–H and O–H groups in total. The van der Waals surface area contributed by atoms with Gasteiger partial charge in [0.25, 0.3) is 5.56 Å². The molecule has 0 radical (unpaired) electrons. The predicted molar refractivity (Wildman–Crippen MR) is 148 cm³/mol. The summed E-state index contributed by atoms with van der Waals surface area (Å²) in [6.45, 7) is 0.863. The Hall–Kier alpha value is -3.54. The lowest BCUT2D eigenvalue weighted by atomic mass is 9.79. The second-order valence-corrected chi connectivity index (χ2v) is 10.2. The maximum absolute atomic E-state index is 15.5. The lowest BCUT2D eigenvalue weighted by Gasteiger charge is -2.43. The molecule has 0 spiro atoms. The van der Waals surface area contributed by atoms with E-state index in [4.69, 9.17) is 10.5 Å². The Morgan fingerprint density at radius 3 is 2.62 bits per heavy atom. The van der Waals surface area contributed by atoms with Gasteiger partial charge in [0.2, 0.25) is 11.8 Å². The second-order valence-electron chi connectivity index (χ2n) is 10.2. The zero-order valence-corrected chi connectivity index (χ0v) is 22.5. The van der Waals surface area contributed by atoms with Gasteiger partial charge in [0.15, 0.2) is 5.69 Å². The topological polar surface area (TPSA) is 123 Å². The molecule has 9 nitrogen and oxygen atoms in total. The number of alkyl halides is 1. The van der Waals surface area contributed by atoms with Crippen LogP contribution in [0.15, 0.2) is 65.7 Å². The number of carbonyl (C=O) groups excluding carboxylic acids is 1. The molecule has 1 aromatic heterocycles. The standard InChI is InChI=1S/C28H31F2N5O4.ClH/c29-19-6-8-20(9-7-19)39-25-24(31)27(37)35(17-33-25)16-28(38)11-13-34(15-23(28)30)26(36)21-10-12-32-14-22(21)18-4-2-1-3-5-18;/h1-9,17,21-23,32,38H,10-16,31H2;1H/t21-,22+,23-,28?;/m1./s1. The molecule has 214 valence electrons. The highest BCUT2D eigenvalue weighted by molar-refractivity contribution is 5.85. The SMILES string of the molecule is Cl.Nc1c(Oc2ccc(F)cc2)ncn(CC2(O)CCN(C(=O)[C@@H]3CCNC[C@H]3c3ccccc3)C[C@H]2F)c1=O. The van der Waals surface area contributed by atoms with Crippen LogP contribution in [0.25, 0.3) is 0 Å². The number of ether oxygens (including phenoxy) is 1. The lowest BCUT2D eigenvalue weighted by molar-refractivity contribution is -0.148. The number of halogens is 3. The van der Waals surface area contributed by atoms with Crippen LogP contribution in [0.4, 0.5) is 14.5 Å². The van der Waals surface area contributed by atoms with Crippen molar-refractivity contribution in [2.75, 3.05) is 31.9 Å². The Balaban J connectivity index is 0.00000370. The van der Waals surface area contributed by atoms with Crippen LogP contribution in [0, 0.1) is 11.7 Å². The Kier molecular flexibility index (Phi) is 9.07. The van der Waals surface area contributed by atoms with E-state index in [2.05, 4.69) is 10.3 Å². The number of anilines is 1. The van der Waals surface area contributed by atoms with E-state index in [-0.39, 0.29) is 73.5 Å². The fourth-order valence-corrected chi connectivity index (χ4v) is 5.35. The maximum Gasteiger partial charge on any atom is 0.280 e. The van der Waals surface area contributed by atoms with Crippen LogP contribution in [0.2, 0.25) is 0 Å². The fourth-order valence-electron chi connectivity index (χ4n) is 5.35. The molecule has 12 heteroatoms. The summed E-state index contributed by atoms with van der Waals surface area (Å²) in [5.74, 6) is -0.827. The van der Waals surface area contributed by atoms with E-state index in [0.29, 0.717) is 19.5 Å². The predicted octanol–water partition coefficient (Wildman–Crippen LogP) is 2.87. The molecule has 2 saturated heterocycles. The minimum absolute atomic E-state index is 0. The van der Waals surface area contributed by atoms with E-state index in [0.717, 1.165) is 16.5 Å². The van der Waals surface area contributed by atoms with Gasteiger partial charge in [-0.15, -0.1) is 12.4 Å². The number of nitrogens with zero attached hydrogens (tertiary/aromatic N) is 3. The number of likely N-dealkylation sites (tertiary alicyclic amines) is 1. The second kappa shape index (κ2) is 12.3. The first-order valence-corrected chi connectivity index (χ1v) is 12.9. The number of amides is 1. The molecule has 40 heavy (non-hydrogen) atoms. The minimum atomic E-state index is -1.89. The normalized spacial score (nSPS) is 24.7. The van der Waals surface area contributed by atoms with Crippen LogP contribution in [0.1, 0.15) is 24.3 Å². The number of nitrogens with two attached hydrogens (primary N) is 1. The monoisotopic (exact) mass is 575 g/mol. The number of aliphatic hydroxyl groups is 1. The number of aromatic nitrogens is 2. The van der Waals surface area contributed by atoms with Crippen LogP contribution >= 0.6 is 12.4 Å². The summed E-state index contributed by atoms with van der Waals surface area (Å²) in [6.07, 6.45) is -0.0707. The summed E-state index contributed by atoms with van der Waals surface area (Å²) < 4.78 is 35.1. The van der Waals surface area contributed by atoms with Crippen molar-refractivity contribution in [3.63, 3.8) is 0 Å². The van der Waals surface area contributed by atoms with Crippen molar-refractivity contribution in [3.05, 3.63) is 82.7 Å². The Bertz CT molecular complexity index is 1380. The third-order valence-electron chi connectivity index (χ3n) is 7.63. The molecular formula is C28H32ClF2N5O4. The van der Waals surface area contributed by atoms with E-state index in [1.165, 1.54) is 29.2 Å². The van der Waals surface area contributed by atoms with E-state index in [1.807, 2.05) is 30.3 Å². The smallest absolute Gasteiger partial charge is 0.280 e. The van der Waals surface area contributed by atoms with Crippen molar-refractivity contribution in [3.8, 4) is 11.6 Å². The molecule has 4 atom stereocenters. The zero-order valence-electron chi connectivity index (χ0n) is 21.7. The van der Waals surface area contributed by atoms with E-state index < -0.39 is 23.1 Å². The van der Waals surface area contributed by atoms with Crippen LogP contribution < -0.4 is 21.3 Å². The quantitative estimate of drug-likeness (QED) is 0.413. The summed E-state index contributed by atoms with van der Waals surface area (Å²) >= 11 is 0. The number of carbonyl (C=O) groups is 1. The van der Waals surface area contributed by atoms with Crippen molar-refractivity contribution >= 4 is 24.0 Å². The van der Waals surface area contributed by atoms with E-state index >= 15 is 4.39 Å². The van der Waals surface area contributed by atoms with Crippen molar-refractivity contribution < 1.29 is 23.4 Å². The van der Waals surface area contributed by atoms with Gasteiger partial charge in [-0.2, -0.15) is 0 Å². The van der Waals surface area contributed by atoms with Crippen molar-refractivity contribution in [2.45, 2.75) is 37.1 Å². The van der Waals surface area contributed by atoms with Gasteiger partial charge < -0.3 is 25.8 Å². The first-order chi connectivity index (χ1) is 18.7. The molecule has 3 aromatic rings. The fraction of sp³-hybridized carbons (Fsp3) is 0.393. The molecule has 5 rings (SSSR count). The average Bonchev–Trinajstić information content (AvgIpc) is 2.95. The Labute approximate surface area is 236 Å². The average molecular weight is 576 g/mol. The molecule has 2 aromatic carbocycles. The highest BCUT2D eigenvalue weighted by Gasteiger charge is 2.46. The largest absolute Gasteiger partial charge is 0.437 e. The minimum Gasteiger partial charge on any atom is -0.437 e. The van der Waals surface area contributed by atoms with Gasteiger partial charge in [0.1, 0.15) is 29.7 Å². The summed E-state index contributed by atoms with van der Waals surface area (Å²) in [7, 11) is 0. The molecule has 2 aliphatic rings. The van der Waals surface area contributed by atoms with Crippen LogP contribution in [-0.4, -0.2) is 63.4 Å². The summed E-state index contributed by atoms with van der Waals surface area (Å²) in [5, 5.41) is 14.5. The maximum atomic E-state index is 15.5. The number of piperidine rings is 2. The molecule has 1 unspecified atom stereocenters. The van der Waals surface area contributed by atoms with E-state index in [1.54, 1.807) is 0 Å². The van der Waals surface area contributed by atoms with Gasteiger partial charge in [-0.3, -0.25) is 14.2 Å². The molecule has 2 fully saturated rings. The molecule has 0 saturated carbocycles.